The van der Waals surface area contributed by atoms with E-state index in [1.54, 1.807) is 24.3 Å². The van der Waals surface area contributed by atoms with Gasteiger partial charge in [0.1, 0.15) is 24.7 Å². The maximum Gasteiger partial charge on any atom is 0.363 e. The molecule has 3 aromatic rings. The molecule has 0 N–H and O–H groups in total. The number of benzene rings is 2. The van der Waals surface area contributed by atoms with E-state index in [-0.39, 0.29) is 18.4 Å². The van der Waals surface area contributed by atoms with E-state index in [4.69, 9.17) is 9.57 Å². The number of aromatic nitrogens is 2. The van der Waals surface area contributed by atoms with E-state index < -0.39 is 17.8 Å². The number of unbranched alkanes of at least 4 members (excludes halogenated alkanes) is 3. The van der Waals surface area contributed by atoms with Crippen molar-refractivity contribution in [2.24, 2.45) is 0 Å². The van der Waals surface area contributed by atoms with E-state index in [0.29, 0.717) is 17.4 Å². The Hall–Kier alpha value is -3.94. The average Bonchev–Trinajstić information content (AvgIpc) is 3.45. The largest absolute Gasteiger partial charge is 0.494 e. The van der Waals surface area contributed by atoms with Crippen LogP contribution in [0.2, 0.25) is 0 Å². The number of hydroxylamine groups is 2. The Morgan fingerprint density at radius 3 is 2.34 bits per heavy atom. The maximum absolute atomic E-state index is 12.1. The molecule has 35 heavy (non-hydrogen) atoms. The van der Waals surface area contributed by atoms with Gasteiger partial charge in [-0.1, -0.05) is 30.3 Å². The lowest BCUT2D eigenvalue weighted by molar-refractivity contribution is -0.687. The second-order valence-electron chi connectivity index (χ2n) is 8.56. The molecule has 182 valence electrons. The molecule has 0 bridgehead atoms. The summed E-state index contributed by atoms with van der Waals surface area (Å²) < 4.78 is 10.2. The monoisotopic (exact) mass is 476 g/mol. The van der Waals surface area contributed by atoms with E-state index in [9.17, 15) is 14.4 Å². The molecule has 1 saturated heterocycles. The molecule has 0 aliphatic carbocycles. The van der Waals surface area contributed by atoms with Crippen LogP contribution in [-0.2, 0) is 27.5 Å². The van der Waals surface area contributed by atoms with Gasteiger partial charge in [0, 0.05) is 12.8 Å². The van der Waals surface area contributed by atoms with E-state index >= 15 is 0 Å². The molecule has 2 heterocycles. The van der Waals surface area contributed by atoms with Crippen LogP contribution in [0.3, 0.4) is 0 Å². The molecular weight excluding hydrogens is 446 g/mol. The molecule has 0 unspecified atom stereocenters. The van der Waals surface area contributed by atoms with Gasteiger partial charge >= 0.3 is 5.97 Å². The number of carbonyl (C=O) groups excluding carboxylic acids is 3. The number of imidazole rings is 1. The first-order valence-electron chi connectivity index (χ1n) is 12.0. The van der Waals surface area contributed by atoms with Crippen LogP contribution in [0.25, 0.3) is 0 Å². The van der Waals surface area contributed by atoms with Crippen molar-refractivity contribution in [3.8, 4) is 5.75 Å². The molecule has 0 radical (unpaired) electrons. The van der Waals surface area contributed by atoms with Gasteiger partial charge < -0.3 is 9.57 Å². The van der Waals surface area contributed by atoms with Gasteiger partial charge in [-0.2, -0.15) is 0 Å². The number of aryl methyl sites for hydroxylation is 1. The van der Waals surface area contributed by atoms with Crippen LogP contribution < -0.4 is 9.30 Å². The Bertz CT molecular complexity index is 1130. The summed E-state index contributed by atoms with van der Waals surface area (Å²) in [6.45, 7) is 2.47. The topological polar surface area (TPSA) is 81.7 Å². The lowest BCUT2D eigenvalue weighted by Gasteiger charge is -2.12. The Morgan fingerprint density at radius 1 is 0.886 bits per heavy atom. The van der Waals surface area contributed by atoms with Crippen LogP contribution in [0.15, 0.2) is 73.3 Å². The summed E-state index contributed by atoms with van der Waals surface area (Å²) in [7, 11) is 0. The normalized spacial score (nSPS) is 13.3. The highest BCUT2D eigenvalue weighted by Gasteiger charge is 2.33. The van der Waals surface area contributed by atoms with Crippen LogP contribution in [0.5, 0.6) is 5.75 Å². The second-order valence-corrected chi connectivity index (χ2v) is 8.56. The predicted octanol–water partition coefficient (Wildman–Crippen LogP) is 3.68. The molecule has 1 fully saturated rings. The predicted molar refractivity (Wildman–Crippen MR) is 127 cm³/mol. The van der Waals surface area contributed by atoms with Crippen molar-refractivity contribution in [1.29, 1.82) is 0 Å². The van der Waals surface area contributed by atoms with Gasteiger partial charge in [-0.25, -0.2) is 13.9 Å². The zero-order chi connectivity index (χ0) is 24.5. The number of imide groups is 1. The van der Waals surface area contributed by atoms with Crippen LogP contribution in [0, 0.1) is 0 Å². The van der Waals surface area contributed by atoms with Gasteiger partial charge in [0.05, 0.1) is 18.7 Å². The van der Waals surface area contributed by atoms with Gasteiger partial charge in [-0.05, 0) is 55.5 Å². The zero-order valence-electron chi connectivity index (χ0n) is 19.7. The Balaban J connectivity index is 1.09. The van der Waals surface area contributed by atoms with Crippen LogP contribution >= 0.6 is 0 Å². The van der Waals surface area contributed by atoms with Crippen molar-refractivity contribution >= 4 is 17.8 Å². The van der Waals surface area contributed by atoms with Crippen molar-refractivity contribution in [2.45, 2.75) is 51.6 Å². The first-order valence-corrected chi connectivity index (χ1v) is 12.0. The highest BCUT2D eigenvalue weighted by Crippen LogP contribution is 2.17. The number of nitrogens with zero attached hydrogens (tertiary/aromatic N) is 3. The van der Waals surface area contributed by atoms with E-state index in [2.05, 4.69) is 52.1 Å². The fraction of sp³-hybridized carbons (Fsp3) is 0.333. The summed E-state index contributed by atoms with van der Waals surface area (Å²) in [6.07, 6.45) is 10.8. The lowest BCUT2D eigenvalue weighted by Crippen LogP contribution is -2.32. The van der Waals surface area contributed by atoms with Crippen molar-refractivity contribution in [1.82, 2.24) is 9.63 Å². The smallest absolute Gasteiger partial charge is 0.363 e. The quantitative estimate of drug-likeness (QED) is 0.226. The van der Waals surface area contributed by atoms with Crippen LogP contribution in [0.1, 0.15) is 54.4 Å². The minimum absolute atomic E-state index is 0.0694. The molecular formula is C27H30N3O5+. The van der Waals surface area contributed by atoms with E-state index in [1.807, 2.05) is 6.07 Å². The fourth-order valence-electron chi connectivity index (χ4n) is 3.88. The molecule has 0 atom stereocenters. The minimum Gasteiger partial charge on any atom is -0.494 e. The van der Waals surface area contributed by atoms with Gasteiger partial charge in [-0.15, -0.1) is 5.06 Å². The molecule has 8 nitrogen and oxygen atoms in total. The van der Waals surface area contributed by atoms with Gasteiger partial charge in [0.25, 0.3) is 11.8 Å². The first kappa shape index (κ1) is 24.2. The molecule has 2 aromatic carbocycles. The summed E-state index contributed by atoms with van der Waals surface area (Å²) in [4.78, 5) is 40.2. The minimum atomic E-state index is -0.742. The molecule has 1 aromatic heterocycles. The summed E-state index contributed by atoms with van der Waals surface area (Å²) in [5, 5.41) is 0.547. The molecule has 1 aliphatic rings. The number of hydrogen-bond donors (Lipinski definition) is 0. The molecule has 1 aliphatic heterocycles. The summed E-state index contributed by atoms with van der Waals surface area (Å²) in [5.41, 5.74) is 1.54. The van der Waals surface area contributed by atoms with Crippen molar-refractivity contribution < 1.29 is 28.5 Å². The fourth-order valence-corrected chi connectivity index (χ4v) is 3.88. The standard InChI is InChI=1S/C27H30N3O5/c31-25-14-15-26(32)30(25)35-27(33)23-10-12-24(13-11-23)34-19-7-2-1-6-16-28-17-18-29(21-28)20-22-8-4-3-5-9-22/h3-5,8-13,17-18,21H,1-2,6-7,14-16,19-20H2/q+1. The first-order chi connectivity index (χ1) is 17.1. The van der Waals surface area contributed by atoms with Gasteiger partial charge in [0.2, 0.25) is 6.33 Å². The van der Waals surface area contributed by atoms with Gasteiger partial charge in [0.15, 0.2) is 0 Å². The SMILES string of the molecule is O=C(ON1C(=O)CCC1=O)c1ccc(OCCCCCCn2cc[n+](Cc3ccccc3)c2)cc1. The Kier molecular flexibility index (Phi) is 8.27. The molecule has 0 spiro atoms. The number of amides is 2. The molecule has 0 saturated carbocycles. The highest BCUT2D eigenvalue weighted by molar-refractivity contribution is 6.02. The van der Waals surface area contributed by atoms with Gasteiger partial charge in [-0.3, -0.25) is 9.59 Å². The number of hydrogen-bond acceptors (Lipinski definition) is 5. The summed E-state index contributed by atoms with van der Waals surface area (Å²) in [5.74, 6) is -1.08. The molecule has 2 amide bonds. The maximum atomic E-state index is 12.1. The second kappa shape index (κ2) is 12.0. The number of rotatable bonds is 12. The van der Waals surface area contributed by atoms with Crippen LogP contribution in [0.4, 0.5) is 0 Å². The molecule has 8 heteroatoms. The third kappa shape index (κ3) is 7.02. The zero-order valence-corrected chi connectivity index (χ0v) is 19.7. The Labute approximate surface area is 204 Å². The average molecular weight is 477 g/mol. The van der Waals surface area contributed by atoms with E-state index in [0.717, 1.165) is 38.8 Å². The third-order valence-electron chi connectivity index (χ3n) is 5.80. The van der Waals surface area contributed by atoms with Crippen molar-refractivity contribution in [3.05, 3.63) is 84.4 Å². The van der Waals surface area contributed by atoms with Crippen molar-refractivity contribution in [2.75, 3.05) is 6.61 Å². The van der Waals surface area contributed by atoms with E-state index in [1.165, 1.54) is 5.56 Å². The molecule has 4 rings (SSSR count). The number of ether oxygens (including phenoxy) is 1. The number of carbonyl (C=O) groups is 3. The summed E-state index contributed by atoms with van der Waals surface area (Å²) in [6, 6.07) is 16.9. The van der Waals surface area contributed by atoms with Crippen LogP contribution in [-0.4, -0.2) is 34.0 Å². The summed E-state index contributed by atoms with van der Waals surface area (Å²) >= 11 is 0. The Morgan fingerprint density at radius 2 is 1.60 bits per heavy atom. The highest BCUT2D eigenvalue weighted by atomic mass is 16.7. The van der Waals surface area contributed by atoms with Crippen molar-refractivity contribution in [3.63, 3.8) is 0 Å². The lowest BCUT2D eigenvalue weighted by atomic mass is 10.2. The third-order valence-corrected chi connectivity index (χ3v) is 5.80.